The van der Waals surface area contributed by atoms with Gasteiger partial charge in [0.2, 0.25) is 5.91 Å². The Morgan fingerprint density at radius 3 is 2.75 bits per heavy atom. The van der Waals surface area contributed by atoms with E-state index in [9.17, 15) is 9.59 Å². The van der Waals surface area contributed by atoms with Crippen molar-refractivity contribution in [1.82, 2.24) is 15.2 Å². The first-order chi connectivity index (χ1) is 9.54. The second-order valence-electron chi connectivity index (χ2n) is 3.90. The molecule has 2 rings (SSSR count). The number of rotatable bonds is 4. The summed E-state index contributed by atoms with van der Waals surface area (Å²) < 4.78 is 0. The largest absolute Gasteiger partial charge is 0.325 e. The van der Waals surface area contributed by atoms with Crippen LogP contribution in [0, 0.1) is 0 Å². The summed E-state index contributed by atoms with van der Waals surface area (Å²) in [5.74, 6) is -0.205. The van der Waals surface area contributed by atoms with Crippen LogP contribution >= 0.6 is 23.4 Å². The second-order valence-corrected chi connectivity index (χ2v) is 5.66. The molecular formula is C12H11ClN4O2S. The Hall–Kier alpha value is -1.86. The number of thioether (sulfide) groups is 1. The summed E-state index contributed by atoms with van der Waals surface area (Å²) in [7, 11) is 0. The molecule has 0 aliphatic carbocycles. The average Bonchev–Trinajstić information content (AvgIpc) is 2.41. The molecule has 1 aromatic carbocycles. The van der Waals surface area contributed by atoms with Crippen molar-refractivity contribution in [1.29, 1.82) is 0 Å². The topological polar surface area (TPSA) is 87.7 Å². The number of nitrogens with one attached hydrogen (secondary N) is 2. The maximum absolute atomic E-state index is 12.0. The lowest BCUT2D eigenvalue weighted by molar-refractivity contribution is -0.115. The smallest absolute Gasteiger partial charge is 0.270 e. The Morgan fingerprint density at radius 1 is 1.40 bits per heavy atom. The van der Waals surface area contributed by atoms with E-state index in [1.165, 1.54) is 0 Å². The molecule has 20 heavy (non-hydrogen) atoms. The molecule has 104 valence electrons. The molecule has 0 saturated heterocycles. The highest BCUT2D eigenvalue weighted by Crippen LogP contribution is 2.20. The fraction of sp³-hybridized carbons (Fsp3) is 0.167. The summed E-state index contributed by atoms with van der Waals surface area (Å²) in [5.41, 5.74) is 0.298. The zero-order valence-corrected chi connectivity index (χ0v) is 12.0. The summed E-state index contributed by atoms with van der Waals surface area (Å²) in [5, 5.41) is 10.5. The van der Waals surface area contributed by atoms with Crippen molar-refractivity contribution in [3.05, 3.63) is 45.8 Å². The predicted octanol–water partition coefficient (Wildman–Crippen LogP) is 1.94. The number of hydrogen-bond acceptors (Lipinski definition) is 5. The number of nitrogens with zero attached hydrogens (tertiary/aromatic N) is 2. The molecule has 0 bridgehead atoms. The minimum atomic E-state index is -0.432. The summed E-state index contributed by atoms with van der Waals surface area (Å²) in [6.45, 7) is 1.71. The fourth-order valence-corrected chi connectivity index (χ4v) is 2.23. The molecule has 6 nitrogen and oxygen atoms in total. The number of hydrogen-bond donors (Lipinski definition) is 2. The number of H-pyrrole nitrogens is 1. The summed E-state index contributed by atoms with van der Waals surface area (Å²) >= 11 is 6.89. The number of benzene rings is 1. The highest BCUT2D eigenvalue weighted by molar-refractivity contribution is 8.00. The Morgan fingerprint density at radius 2 is 2.10 bits per heavy atom. The Balaban J connectivity index is 1.98. The number of carbonyl (C=O) groups is 1. The van der Waals surface area contributed by atoms with E-state index >= 15 is 0 Å². The molecule has 8 heteroatoms. The van der Waals surface area contributed by atoms with Gasteiger partial charge in [0.25, 0.3) is 5.56 Å². The van der Waals surface area contributed by atoms with Gasteiger partial charge in [-0.3, -0.25) is 14.6 Å². The first kappa shape index (κ1) is 14.5. The second kappa shape index (κ2) is 6.53. The van der Waals surface area contributed by atoms with Gasteiger partial charge in [0.15, 0.2) is 5.16 Å². The van der Waals surface area contributed by atoms with Crippen LogP contribution in [-0.4, -0.2) is 26.3 Å². The average molecular weight is 311 g/mol. The molecule has 1 amide bonds. The summed E-state index contributed by atoms with van der Waals surface area (Å²) in [6, 6.07) is 6.80. The third kappa shape index (κ3) is 4.07. The fourth-order valence-electron chi connectivity index (χ4n) is 1.35. The Kier molecular flexibility index (Phi) is 4.75. The normalized spacial score (nSPS) is 11.9. The quantitative estimate of drug-likeness (QED) is 0.843. The molecule has 2 N–H and O–H groups in total. The number of aromatic nitrogens is 3. The standard InChI is InChI=1S/C12H11ClN4O2S/c1-7(20-12-16-10(18)6-14-17-12)11(19)15-9-4-2-8(13)3-5-9/h2-7H,1H3,(H,15,19)(H,16,17,18). The number of amides is 1. The Labute approximate surface area is 124 Å². The van der Waals surface area contributed by atoms with Gasteiger partial charge in [-0.1, -0.05) is 23.4 Å². The lowest BCUT2D eigenvalue weighted by Gasteiger charge is -2.10. The van der Waals surface area contributed by atoms with Crippen molar-refractivity contribution in [3.63, 3.8) is 0 Å². The van der Waals surface area contributed by atoms with Crippen molar-refractivity contribution in [2.45, 2.75) is 17.3 Å². The third-order valence-electron chi connectivity index (χ3n) is 2.32. The van der Waals surface area contributed by atoms with E-state index in [-0.39, 0.29) is 11.5 Å². The molecule has 2 aromatic rings. The van der Waals surface area contributed by atoms with E-state index in [0.717, 1.165) is 18.0 Å². The zero-order chi connectivity index (χ0) is 14.5. The van der Waals surface area contributed by atoms with Crippen LogP contribution in [0.2, 0.25) is 5.02 Å². The summed E-state index contributed by atoms with van der Waals surface area (Å²) in [6.07, 6.45) is 1.07. The van der Waals surface area contributed by atoms with Crippen molar-refractivity contribution in [2.24, 2.45) is 0 Å². The predicted molar refractivity (Wildman–Crippen MR) is 78.1 cm³/mol. The molecular weight excluding hydrogens is 300 g/mol. The van der Waals surface area contributed by atoms with E-state index in [1.807, 2.05) is 0 Å². The molecule has 0 radical (unpaired) electrons. The van der Waals surface area contributed by atoms with Crippen LogP contribution in [0.4, 0.5) is 5.69 Å². The van der Waals surface area contributed by atoms with E-state index in [2.05, 4.69) is 20.5 Å². The summed E-state index contributed by atoms with van der Waals surface area (Å²) in [4.78, 5) is 25.6. The number of carbonyl (C=O) groups excluding carboxylic acids is 1. The van der Waals surface area contributed by atoms with Crippen LogP contribution in [-0.2, 0) is 4.79 Å². The van der Waals surface area contributed by atoms with Gasteiger partial charge in [0.1, 0.15) is 6.20 Å². The van der Waals surface area contributed by atoms with Gasteiger partial charge in [-0.15, -0.1) is 5.10 Å². The first-order valence-electron chi connectivity index (χ1n) is 5.69. The molecule has 0 fully saturated rings. The van der Waals surface area contributed by atoms with Crippen LogP contribution in [0.1, 0.15) is 6.92 Å². The van der Waals surface area contributed by atoms with E-state index in [1.54, 1.807) is 31.2 Å². The van der Waals surface area contributed by atoms with Gasteiger partial charge in [-0.2, -0.15) is 5.10 Å². The zero-order valence-electron chi connectivity index (χ0n) is 10.5. The van der Waals surface area contributed by atoms with Crippen LogP contribution in [0.3, 0.4) is 0 Å². The van der Waals surface area contributed by atoms with Crippen molar-refractivity contribution >= 4 is 35.0 Å². The van der Waals surface area contributed by atoms with Crippen molar-refractivity contribution < 1.29 is 4.79 Å². The molecule has 0 spiro atoms. The SMILES string of the molecule is CC(Sc1nncc(=O)[nH]1)C(=O)Nc1ccc(Cl)cc1. The Bertz CT molecular complexity index is 659. The van der Waals surface area contributed by atoms with Crippen molar-refractivity contribution in [2.75, 3.05) is 5.32 Å². The minimum Gasteiger partial charge on any atom is -0.325 e. The molecule has 0 aliphatic rings. The maximum Gasteiger partial charge on any atom is 0.270 e. The molecule has 1 unspecified atom stereocenters. The van der Waals surface area contributed by atoms with Crippen molar-refractivity contribution in [3.8, 4) is 0 Å². The monoisotopic (exact) mass is 310 g/mol. The molecule has 1 heterocycles. The molecule has 0 aliphatic heterocycles. The molecule has 1 atom stereocenters. The van der Waals surface area contributed by atoms with Crippen LogP contribution in [0.15, 0.2) is 40.4 Å². The van der Waals surface area contributed by atoms with Gasteiger partial charge in [-0.25, -0.2) is 0 Å². The highest BCUT2D eigenvalue weighted by atomic mass is 35.5. The highest BCUT2D eigenvalue weighted by Gasteiger charge is 2.16. The lowest BCUT2D eigenvalue weighted by Crippen LogP contribution is -2.23. The van der Waals surface area contributed by atoms with Gasteiger partial charge in [0, 0.05) is 10.7 Å². The van der Waals surface area contributed by atoms with E-state index < -0.39 is 5.25 Å². The van der Waals surface area contributed by atoms with Gasteiger partial charge >= 0.3 is 0 Å². The molecule has 0 saturated carbocycles. The minimum absolute atomic E-state index is 0.205. The van der Waals surface area contributed by atoms with Crippen LogP contribution in [0.25, 0.3) is 0 Å². The number of aromatic amines is 1. The van der Waals surface area contributed by atoms with E-state index in [4.69, 9.17) is 11.6 Å². The first-order valence-corrected chi connectivity index (χ1v) is 6.95. The van der Waals surface area contributed by atoms with Gasteiger partial charge < -0.3 is 5.32 Å². The van der Waals surface area contributed by atoms with Gasteiger partial charge in [-0.05, 0) is 31.2 Å². The number of anilines is 1. The van der Waals surface area contributed by atoms with Crippen LogP contribution in [0.5, 0.6) is 0 Å². The van der Waals surface area contributed by atoms with Crippen LogP contribution < -0.4 is 10.9 Å². The number of halogens is 1. The van der Waals surface area contributed by atoms with E-state index in [0.29, 0.717) is 15.9 Å². The maximum atomic E-state index is 12.0. The lowest BCUT2D eigenvalue weighted by atomic mass is 10.3. The third-order valence-corrected chi connectivity index (χ3v) is 3.55. The molecule has 1 aromatic heterocycles. The van der Waals surface area contributed by atoms with Gasteiger partial charge in [0.05, 0.1) is 5.25 Å².